The molecule has 12 heavy (non-hydrogen) atoms. The van der Waals surface area contributed by atoms with Crippen molar-refractivity contribution in [3.63, 3.8) is 0 Å². The molecule has 1 heterocycles. The molecular weight excluding hydrogens is 148 g/mol. The zero-order valence-electron chi connectivity index (χ0n) is 8.05. The lowest BCUT2D eigenvalue weighted by Gasteiger charge is -2.37. The summed E-state index contributed by atoms with van der Waals surface area (Å²) in [5.41, 5.74) is 0. The lowest BCUT2D eigenvalue weighted by molar-refractivity contribution is 0.0204. The molecule has 0 amide bonds. The Balaban J connectivity index is 2.14. The maximum Gasteiger partial charge on any atom is 0.0957 e. The molecule has 0 aromatic heterocycles. The average Bonchev–Trinajstić information content (AvgIpc) is 2.04. The van der Waals surface area contributed by atoms with Gasteiger partial charge in [0.1, 0.15) is 0 Å². The van der Waals surface area contributed by atoms with Crippen molar-refractivity contribution in [2.45, 2.75) is 45.6 Å². The van der Waals surface area contributed by atoms with Gasteiger partial charge in [0.25, 0.3) is 0 Å². The molecule has 0 spiro atoms. The molecule has 0 saturated carbocycles. The van der Waals surface area contributed by atoms with Crippen molar-refractivity contribution in [3.8, 4) is 0 Å². The Labute approximate surface area is 74.8 Å². The molecule has 1 saturated heterocycles. The van der Waals surface area contributed by atoms with E-state index in [4.69, 9.17) is 4.74 Å². The van der Waals surface area contributed by atoms with Crippen molar-refractivity contribution >= 4 is 0 Å². The van der Waals surface area contributed by atoms with Crippen molar-refractivity contribution in [2.24, 2.45) is 11.8 Å². The zero-order valence-corrected chi connectivity index (χ0v) is 8.05. The minimum absolute atomic E-state index is 0.445. The number of rotatable bonds is 0. The molecule has 1 aliphatic heterocycles. The molecular formula is C11H18O. The van der Waals surface area contributed by atoms with Crippen molar-refractivity contribution in [1.29, 1.82) is 0 Å². The fourth-order valence-electron chi connectivity index (χ4n) is 2.54. The highest BCUT2D eigenvalue weighted by atomic mass is 16.5. The summed E-state index contributed by atoms with van der Waals surface area (Å²) in [4.78, 5) is 0. The highest BCUT2D eigenvalue weighted by Crippen LogP contribution is 2.39. The third-order valence-electron chi connectivity index (χ3n) is 3.16. The summed E-state index contributed by atoms with van der Waals surface area (Å²) in [5, 5.41) is 0. The second-order valence-corrected chi connectivity index (χ2v) is 4.29. The van der Waals surface area contributed by atoms with Gasteiger partial charge in [0, 0.05) is 5.92 Å². The molecule has 0 unspecified atom stereocenters. The van der Waals surface area contributed by atoms with E-state index < -0.39 is 0 Å². The minimum Gasteiger partial charge on any atom is -0.495 e. The number of hydrogen-bond donors (Lipinski definition) is 0. The summed E-state index contributed by atoms with van der Waals surface area (Å²) in [6, 6.07) is 0. The van der Waals surface area contributed by atoms with Gasteiger partial charge in [-0.25, -0.2) is 0 Å². The van der Waals surface area contributed by atoms with Gasteiger partial charge < -0.3 is 4.74 Å². The normalized spacial score (nSPS) is 41.2. The number of allylic oxidation sites excluding steroid dienone is 2. The van der Waals surface area contributed by atoms with Crippen LogP contribution in [0, 0.1) is 11.8 Å². The maximum atomic E-state index is 5.82. The smallest absolute Gasteiger partial charge is 0.0957 e. The van der Waals surface area contributed by atoms with Crippen LogP contribution in [0.5, 0.6) is 0 Å². The van der Waals surface area contributed by atoms with Crippen LogP contribution < -0.4 is 0 Å². The van der Waals surface area contributed by atoms with Gasteiger partial charge in [0.2, 0.25) is 0 Å². The van der Waals surface area contributed by atoms with Crippen LogP contribution in [0.25, 0.3) is 0 Å². The Morgan fingerprint density at radius 2 is 2.25 bits per heavy atom. The molecule has 1 nitrogen and oxygen atoms in total. The fourth-order valence-corrected chi connectivity index (χ4v) is 2.54. The zero-order chi connectivity index (χ0) is 8.55. The second kappa shape index (κ2) is 3.12. The Morgan fingerprint density at radius 1 is 1.42 bits per heavy atom. The summed E-state index contributed by atoms with van der Waals surface area (Å²) in [6.07, 6.45) is 7.92. The van der Waals surface area contributed by atoms with Gasteiger partial charge in [-0.05, 0) is 44.6 Å². The first kappa shape index (κ1) is 8.15. The highest BCUT2D eigenvalue weighted by molar-refractivity contribution is 5.07. The van der Waals surface area contributed by atoms with Crippen LogP contribution in [0.2, 0.25) is 0 Å². The molecule has 1 heteroatoms. The highest BCUT2D eigenvalue weighted by Gasteiger charge is 2.31. The Kier molecular flexibility index (Phi) is 2.12. The van der Waals surface area contributed by atoms with Crippen LogP contribution in [0.3, 0.4) is 0 Å². The third-order valence-corrected chi connectivity index (χ3v) is 3.16. The molecule has 1 fully saturated rings. The van der Waals surface area contributed by atoms with E-state index in [2.05, 4.69) is 19.9 Å². The second-order valence-electron chi connectivity index (χ2n) is 4.29. The number of hydrogen-bond acceptors (Lipinski definition) is 1. The lowest BCUT2D eigenvalue weighted by Crippen LogP contribution is -2.30. The quantitative estimate of drug-likeness (QED) is 0.537. The van der Waals surface area contributed by atoms with Gasteiger partial charge in [-0.15, -0.1) is 0 Å². The summed E-state index contributed by atoms with van der Waals surface area (Å²) < 4.78 is 5.82. The molecule has 68 valence electrons. The van der Waals surface area contributed by atoms with Crippen LogP contribution in [-0.4, -0.2) is 6.10 Å². The molecule has 2 aliphatic rings. The standard InChI is InChI=1S/C11H18O/c1-8-7-9(2)12-11-6-4-3-5-10(8)11/h6,8-10H,3-5,7H2,1-2H3/t8-,9+,10-/m0/s1. The summed E-state index contributed by atoms with van der Waals surface area (Å²) >= 11 is 0. The van der Waals surface area contributed by atoms with Gasteiger partial charge in [-0.3, -0.25) is 0 Å². The first-order chi connectivity index (χ1) is 5.77. The predicted molar refractivity (Wildman–Crippen MR) is 49.8 cm³/mol. The maximum absolute atomic E-state index is 5.82. The van der Waals surface area contributed by atoms with Gasteiger partial charge in [-0.2, -0.15) is 0 Å². The first-order valence-electron chi connectivity index (χ1n) is 5.14. The molecule has 2 rings (SSSR count). The predicted octanol–water partition coefficient (Wildman–Crippen LogP) is 3.12. The lowest BCUT2D eigenvalue weighted by atomic mass is 9.79. The van der Waals surface area contributed by atoms with Crippen molar-refractivity contribution in [3.05, 3.63) is 11.8 Å². The summed E-state index contributed by atoms with van der Waals surface area (Å²) in [6.45, 7) is 4.55. The topological polar surface area (TPSA) is 9.23 Å². The number of ether oxygens (including phenoxy) is 1. The van der Waals surface area contributed by atoms with Gasteiger partial charge in [0.05, 0.1) is 11.9 Å². The minimum atomic E-state index is 0.445. The monoisotopic (exact) mass is 166 g/mol. The molecule has 0 aromatic carbocycles. The van der Waals surface area contributed by atoms with E-state index in [-0.39, 0.29) is 0 Å². The van der Waals surface area contributed by atoms with E-state index in [9.17, 15) is 0 Å². The van der Waals surface area contributed by atoms with E-state index in [1.807, 2.05) is 0 Å². The van der Waals surface area contributed by atoms with E-state index in [1.54, 1.807) is 0 Å². The largest absolute Gasteiger partial charge is 0.495 e. The molecule has 0 aromatic rings. The number of fused-ring (bicyclic) bond motifs is 1. The van der Waals surface area contributed by atoms with E-state index in [1.165, 1.54) is 31.4 Å². The molecule has 0 N–H and O–H groups in total. The summed E-state index contributed by atoms with van der Waals surface area (Å²) in [7, 11) is 0. The molecule has 0 bridgehead atoms. The van der Waals surface area contributed by atoms with Crippen molar-refractivity contribution < 1.29 is 4.74 Å². The van der Waals surface area contributed by atoms with Crippen LogP contribution in [0.15, 0.2) is 11.8 Å². The molecule has 1 aliphatic carbocycles. The molecule has 3 atom stereocenters. The Morgan fingerprint density at radius 3 is 3.08 bits per heavy atom. The Hall–Kier alpha value is -0.460. The van der Waals surface area contributed by atoms with Gasteiger partial charge in [0.15, 0.2) is 0 Å². The van der Waals surface area contributed by atoms with E-state index in [0.717, 1.165) is 11.8 Å². The fraction of sp³-hybridized carbons (Fsp3) is 0.818. The van der Waals surface area contributed by atoms with Crippen LogP contribution in [0.4, 0.5) is 0 Å². The Bertz CT molecular complexity index is 195. The van der Waals surface area contributed by atoms with Crippen LogP contribution >= 0.6 is 0 Å². The van der Waals surface area contributed by atoms with Crippen molar-refractivity contribution in [1.82, 2.24) is 0 Å². The van der Waals surface area contributed by atoms with Crippen LogP contribution in [0.1, 0.15) is 39.5 Å². The third kappa shape index (κ3) is 1.37. The average molecular weight is 166 g/mol. The van der Waals surface area contributed by atoms with Crippen LogP contribution in [-0.2, 0) is 4.74 Å². The van der Waals surface area contributed by atoms with E-state index in [0.29, 0.717) is 6.10 Å². The molecule has 0 radical (unpaired) electrons. The van der Waals surface area contributed by atoms with E-state index >= 15 is 0 Å². The van der Waals surface area contributed by atoms with Gasteiger partial charge >= 0.3 is 0 Å². The van der Waals surface area contributed by atoms with Crippen molar-refractivity contribution in [2.75, 3.05) is 0 Å². The summed E-state index contributed by atoms with van der Waals surface area (Å²) in [5.74, 6) is 2.88. The SMILES string of the molecule is C[C@@H]1C[C@H](C)[C@@H]2CCCC=C2O1. The first-order valence-corrected chi connectivity index (χ1v) is 5.14. The van der Waals surface area contributed by atoms with Gasteiger partial charge in [-0.1, -0.05) is 6.92 Å².